The van der Waals surface area contributed by atoms with Crippen molar-refractivity contribution in [2.75, 3.05) is 4.90 Å². The Kier molecular flexibility index (Phi) is 8.76. The van der Waals surface area contributed by atoms with Gasteiger partial charge in [-0.15, -0.1) is 0 Å². The van der Waals surface area contributed by atoms with E-state index in [1.54, 1.807) is 0 Å². The summed E-state index contributed by atoms with van der Waals surface area (Å²) >= 11 is 0. The Bertz CT molecular complexity index is 3360. The number of benzene rings is 10. The minimum atomic E-state index is -0.458. The van der Waals surface area contributed by atoms with Crippen LogP contribution in [0.25, 0.3) is 66.4 Å². The van der Waals surface area contributed by atoms with Crippen LogP contribution < -0.4 is 4.90 Å². The fraction of sp³-hybridized carbons (Fsp3) is 0.0164. The number of rotatable bonds is 8. The molecule has 0 atom stereocenters. The molecule has 0 unspecified atom stereocenters. The van der Waals surface area contributed by atoms with Crippen molar-refractivity contribution < 1.29 is 4.42 Å². The van der Waals surface area contributed by atoms with E-state index in [1.165, 1.54) is 50.1 Å². The van der Waals surface area contributed by atoms with E-state index in [0.717, 1.165) is 55.7 Å². The molecule has 0 saturated heterocycles. The molecule has 0 aliphatic heterocycles. The Balaban J connectivity index is 0.968. The number of hydrogen-bond acceptors (Lipinski definition) is 2. The predicted molar refractivity (Wildman–Crippen MR) is 262 cm³/mol. The largest absolute Gasteiger partial charge is 0.456 e. The van der Waals surface area contributed by atoms with E-state index in [1.807, 2.05) is 0 Å². The van der Waals surface area contributed by atoms with Gasteiger partial charge in [-0.2, -0.15) is 0 Å². The van der Waals surface area contributed by atoms with Crippen LogP contribution in [-0.2, 0) is 5.41 Å². The van der Waals surface area contributed by atoms with Gasteiger partial charge in [0.05, 0.1) is 5.41 Å². The number of fused-ring (bicyclic) bond motifs is 6. The first-order valence-electron chi connectivity index (χ1n) is 21.7. The summed E-state index contributed by atoms with van der Waals surface area (Å²) in [6.45, 7) is 0. The van der Waals surface area contributed by atoms with Gasteiger partial charge in [0.1, 0.15) is 11.2 Å². The van der Waals surface area contributed by atoms with E-state index in [2.05, 4.69) is 254 Å². The first-order valence-corrected chi connectivity index (χ1v) is 21.7. The summed E-state index contributed by atoms with van der Waals surface area (Å²) in [4.78, 5) is 2.32. The molecule has 296 valence electrons. The molecule has 1 heterocycles. The van der Waals surface area contributed by atoms with Crippen molar-refractivity contribution >= 4 is 39.0 Å². The maximum atomic E-state index is 6.53. The Labute approximate surface area is 367 Å². The van der Waals surface area contributed by atoms with Gasteiger partial charge in [-0.3, -0.25) is 0 Å². The van der Waals surface area contributed by atoms with Gasteiger partial charge >= 0.3 is 0 Å². The molecule has 0 bridgehead atoms. The minimum Gasteiger partial charge on any atom is -0.456 e. The van der Waals surface area contributed by atoms with Crippen LogP contribution in [0.1, 0.15) is 22.3 Å². The molecule has 1 aromatic heterocycles. The smallest absolute Gasteiger partial charge is 0.135 e. The summed E-state index contributed by atoms with van der Waals surface area (Å²) in [6, 6.07) is 90.1. The van der Waals surface area contributed by atoms with E-state index < -0.39 is 5.41 Å². The summed E-state index contributed by atoms with van der Waals surface area (Å²) in [7, 11) is 0. The van der Waals surface area contributed by atoms with E-state index in [0.29, 0.717) is 0 Å². The lowest BCUT2D eigenvalue weighted by Gasteiger charge is -2.34. The molecule has 11 aromatic rings. The Hall–Kier alpha value is -8.20. The maximum Gasteiger partial charge on any atom is 0.135 e. The average molecular weight is 804 g/mol. The second kappa shape index (κ2) is 15.1. The minimum absolute atomic E-state index is 0.458. The zero-order valence-electron chi connectivity index (χ0n) is 34.5. The molecule has 10 aromatic carbocycles. The van der Waals surface area contributed by atoms with Gasteiger partial charge in [0.25, 0.3) is 0 Å². The summed E-state index contributed by atoms with van der Waals surface area (Å²) in [6.07, 6.45) is 0. The third kappa shape index (κ3) is 6.02. The van der Waals surface area contributed by atoms with Crippen LogP contribution in [0.5, 0.6) is 0 Å². The number of furan rings is 1. The SMILES string of the molecule is c1ccc(N(c2ccccc2)c2cccc(-c3ccccc3-c3ccc4oc5ccc(-c6ccc7c(c6)C(c6ccccc6)(c6ccccc6)c6ccccc6-7)cc5c4c3)c2)cc1. The molecule has 0 amide bonds. The van der Waals surface area contributed by atoms with Crippen LogP contribution in [-0.4, -0.2) is 0 Å². The van der Waals surface area contributed by atoms with Crippen molar-refractivity contribution in [1.29, 1.82) is 0 Å². The zero-order chi connectivity index (χ0) is 41.7. The number of hydrogen-bond donors (Lipinski definition) is 0. The summed E-state index contributed by atoms with van der Waals surface area (Å²) in [5.41, 5.74) is 19.3. The molecule has 12 rings (SSSR count). The molecule has 0 spiro atoms. The Morgan fingerprint density at radius 2 is 0.730 bits per heavy atom. The fourth-order valence-electron chi connectivity index (χ4n) is 10.1. The molecule has 0 radical (unpaired) electrons. The maximum absolute atomic E-state index is 6.53. The normalized spacial score (nSPS) is 12.6. The van der Waals surface area contributed by atoms with Gasteiger partial charge in [0.15, 0.2) is 0 Å². The van der Waals surface area contributed by atoms with Crippen molar-refractivity contribution in [3.05, 3.63) is 271 Å². The molecule has 2 heteroatoms. The zero-order valence-corrected chi connectivity index (χ0v) is 34.5. The quantitative estimate of drug-likeness (QED) is 0.152. The number of anilines is 3. The fourth-order valence-corrected chi connectivity index (χ4v) is 10.1. The molecule has 2 nitrogen and oxygen atoms in total. The van der Waals surface area contributed by atoms with E-state index in [4.69, 9.17) is 4.42 Å². The van der Waals surface area contributed by atoms with Crippen molar-refractivity contribution in [2.24, 2.45) is 0 Å². The third-order valence-corrected chi connectivity index (χ3v) is 12.9. The Morgan fingerprint density at radius 1 is 0.286 bits per heavy atom. The van der Waals surface area contributed by atoms with Crippen LogP contribution in [0.3, 0.4) is 0 Å². The van der Waals surface area contributed by atoms with E-state index in [-0.39, 0.29) is 0 Å². The lowest BCUT2D eigenvalue weighted by molar-refractivity contribution is 0.669. The monoisotopic (exact) mass is 803 g/mol. The third-order valence-electron chi connectivity index (χ3n) is 12.9. The first kappa shape index (κ1) is 36.6. The van der Waals surface area contributed by atoms with Crippen molar-refractivity contribution in [3.63, 3.8) is 0 Å². The van der Waals surface area contributed by atoms with Gasteiger partial charge < -0.3 is 9.32 Å². The van der Waals surface area contributed by atoms with Crippen LogP contribution in [0.15, 0.2) is 253 Å². The van der Waals surface area contributed by atoms with Gasteiger partial charge in [-0.05, 0) is 133 Å². The molecular weight excluding hydrogens is 763 g/mol. The average Bonchev–Trinajstić information content (AvgIpc) is 3.88. The highest BCUT2D eigenvalue weighted by atomic mass is 16.3. The van der Waals surface area contributed by atoms with E-state index >= 15 is 0 Å². The Morgan fingerprint density at radius 3 is 1.35 bits per heavy atom. The highest BCUT2D eigenvalue weighted by Crippen LogP contribution is 2.57. The topological polar surface area (TPSA) is 16.4 Å². The number of para-hydroxylation sites is 2. The molecule has 63 heavy (non-hydrogen) atoms. The van der Waals surface area contributed by atoms with Crippen molar-refractivity contribution in [2.45, 2.75) is 5.41 Å². The van der Waals surface area contributed by atoms with Gasteiger partial charge in [0, 0.05) is 27.8 Å². The van der Waals surface area contributed by atoms with Crippen LogP contribution >= 0.6 is 0 Å². The second-order valence-electron chi connectivity index (χ2n) is 16.4. The van der Waals surface area contributed by atoms with Gasteiger partial charge in [-0.1, -0.05) is 182 Å². The lowest BCUT2D eigenvalue weighted by Crippen LogP contribution is -2.28. The molecule has 0 N–H and O–H groups in total. The van der Waals surface area contributed by atoms with Crippen LogP contribution in [0.4, 0.5) is 17.1 Å². The van der Waals surface area contributed by atoms with Crippen LogP contribution in [0.2, 0.25) is 0 Å². The first-order chi connectivity index (χ1) is 31.2. The highest BCUT2D eigenvalue weighted by Gasteiger charge is 2.46. The second-order valence-corrected chi connectivity index (χ2v) is 16.4. The molecule has 1 aliphatic rings. The van der Waals surface area contributed by atoms with E-state index in [9.17, 15) is 0 Å². The van der Waals surface area contributed by atoms with Crippen molar-refractivity contribution in [3.8, 4) is 44.5 Å². The standard InChI is InChI=1S/C61H41NO/c1-5-19-46(20-6-1)61(47-21-7-2-8-22-47)57-31-16-15-30-53(57)54-35-32-43(41-58(54)61)42-33-36-59-55(39-42)56-40-45(34-37-60(56)63-59)52-29-14-13-28-51(52)44-18-17-27-50(38-44)62(48-23-9-3-10-24-48)49-25-11-4-12-26-49/h1-41H. The molecule has 1 aliphatic carbocycles. The lowest BCUT2D eigenvalue weighted by atomic mass is 9.67. The predicted octanol–water partition coefficient (Wildman–Crippen LogP) is 16.4. The number of nitrogens with zero attached hydrogens (tertiary/aromatic N) is 1. The van der Waals surface area contributed by atoms with Gasteiger partial charge in [-0.25, -0.2) is 0 Å². The van der Waals surface area contributed by atoms with Gasteiger partial charge in [0.2, 0.25) is 0 Å². The summed E-state index contributed by atoms with van der Waals surface area (Å²) in [5, 5.41) is 2.20. The summed E-state index contributed by atoms with van der Waals surface area (Å²) < 4.78 is 6.53. The summed E-state index contributed by atoms with van der Waals surface area (Å²) in [5.74, 6) is 0. The molecule has 0 saturated carbocycles. The van der Waals surface area contributed by atoms with Crippen LogP contribution in [0, 0.1) is 0 Å². The molecular formula is C61H41NO. The van der Waals surface area contributed by atoms with Crippen molar-refractivity contribution in [1.82, 2.24) is 0 Å². The molecule has 0 fully saturated rings. The highest BCUT2D eigenvalue weighted by molar-refractivity contribution is 6.08.